The summed E-state index contributed by atoms with van der Waals surface area (Å²) in [4.78, 5) is 32.6. The summed E-state index contributed by atoms with van der Waals surface area (Å²) < 4.78 is 0. The standard InChI is InChI=1S/C30H35N5O2/c1-22(23-14-6-2-7-15-23)26(31)27(36)33-20-12-5-13-21-35-28(37)30(34-29(35)32,24-16-8-3-9-17-24)25-18-10-4-11-19-25/h2-4,6-11,14-19,22,26H,5,12-13,20-21,31H2,1H3,(H2,32,34)(H,33,36)/t22?,26-/m0/s1. The summed E-state index contributed by atoms with van der Waals surface area (Å²) in [5.41, 5.74) is 13.9. The van der Waals surface area contributed by atoms with Crippen LogP contribution in [0.1, 0.15) is 48.8 Å². The van der Waals surface area contributed by atoms with Gasteiger partial charge in [-0.25, -0.2) is 4.99 Å². The number of nitrogens with one attached hydrogen (secondary N) is 1. The molecule has 0 aliphatic carbocycles. The fourth-order valence-electron chi connectivity index (χ4n) is 4.79. The van der Waals surface area contributed by atoms with Gasteiger partial charge in [-0.1, -0.05) is 97.9 Å². The van der Waals surface area contributed by atoms with Gasteiger partial charge in [0.25, 0.3) is 5.91 Å². The third-order valence-electron chi connectivity index (χ3n) is 7.02. The summed E-state index contributed by atoms with van der Waals surface area (Å²) in [6.45, 7) is 2.96. The summed E-state index contributed by atoms with van der Waals surface area (Å²) in [6, 6.07) is 28.3. The van der Waals surface area contributed by atoms with Crippen molar-refractivity contribution >= 4 is 17.8 Å². The van der Waals surface area contributed by atoms with Gasteiger partial charge in [0.05, 0.1) is 6.04 Å². The summed E-state index contributed by atoms with van der Waals surface area (Å²) in [6.07, 6.45) is 2.34. The van der Waals surface area contributed by atoms with Crippen molar-refractivity contribution in [1.29, 1.82) is 0 Å². The van der Waals surface area contributed by atoms with Gasteiger partial charge in [-0.05, 0) is 36.0 Å². The Bertz CT molecular complexity index is 1170. The molecule has 0 saturated carbocycles. The molecule has 37 heavy (non-hydrogen) atoms. The number of aliphatic imine (C=N–C) groups is 1. The Balaban J connectivity index is 1.30. The monoisotopic (exact) mass is 497 g/mol. The van der Waals surface area contributed by atoms with Gasteiger partial charge in [-0.3, -0.25) is 14.5 Å². The lowest BCUT2D eigenvalue weighted by Crippen LogP contribution is -2.44. The highest BCUT2D eigenvalue weighted by Gasteiger charge is 2.50. The van der Waals surface area contributed by atoms with E-state index in [0.29, 0.717) is 13.1 Å². The maximum Gasteiger partial charge on any atom is 0.266 e. The average Bonchev–Trinajstić information content (AvgIpc) is 3.21. The van der Waals surface area contributed by atoms with Crippen LogP contribution in [0.5, 0.6) is 0 Å². The van der Waals surface area contributed by atoms with Gasteiger partial charge in [-0.15, -0.1) is 0 Å². The normalized spacial score (nSPS) is 16.2. The predicted octanol–water partition coefficient (Wildman–Crippen LogP) is 3.50. The lowest BCUT2D eigenvalue weighted by atomic mass is 9.83. The van der Waals surface area contributed by atoms with Crippen LogP contribution in [-0.4, -0.2) is 41.8 Å². The second-order valence-corrected chi connectivity index (χ2v) is 9.45. The lowest BCUT2D eigenvalue weighted by Gasteiger charge is -2.27. The summed E-state index contributed by atoms with van der Waals surface area (Å²) in [5.74, 6) is -0.138. The molecule has 192 valence electrons. The number of carbonyl (C=O) groups is 2. The molecule has 7 nitrogen and oxygen atoms in total. The molecule has 0 aromatic heterocycles. The maximum absolute atomic E-state index is 13.8. The summed E-state index contributed by atoms with van der Waals surface area (Å²) in [7, 11) is 0. The molecule has 1 aliphatic rings. The number of rotatable bonds is 11. The molecule has 4 rings (SSSR count). The van der Waals surface area contributed by atoms with Gasteiger partial charge < -0.3 is 16.8 Å². The highest BCUT2D eigenvalue weighted by Crippen LogP contribution is 2.39. The summed E-state index contributed by atoms with van der Waals surface area (Å²) in [5, 5.41) is 2.94. The van der Waals surface area contributed by atoms with Crippen LogP contribution >= 0.6 is 0 Å². The Morgan fingerprint density at radius 2 is 1.43 bits per heavy atom. The predicted molar refractivity (Wildman–Crippen MR) is 147 cm³/mol. The number of guanidine groups is 1. The first kappa shape index (κ1) is 26.1. The highest BCUT2D eigenvalue weighted by molar-refractivity contribution is 6.09. The highest BCUT2D eigenvalue weighted by atomic mass is 16.2. The quantitative estimate of drug-likeness (QED) is 0.352. The van der Waals surface area contributed by atoms with Crippen molar-refractivity contribution in [2.45, 2.75) is 43.7 Å². The number of nitrogens with zero attached hydrogens (tertiary/aromatic N) is 2. The van der Waals surface area contributed by atoms with Crippen molar-refractivity contribution in [3.8, 4) is 0 Å². The Kier molecular flexibility index (Phi) is 8.36. The van der Waals surface area contributed by atoms with Gasteiger partial charge in [0, 0.05) is 19.0 Å². The van der Waals surface area contributed by atoms with Crippen molar-refractivity contribution in [2.24, 2.45) is 16.5 Å². The molecule has 2 atom stereocenters. The number of nitrogens with two attached hydrogens (primary N) is 2. The van der Waals surface area contributed by atoms with Crippen molar-refractivity contribution in [1.82, 2.24) is 10.2 Å². The minimum Gasteiger partial charge on any atom is -0.369 e. The molecule has 1 heterocycles. The van der Waals surface area contributed by atoms with E-state index in [1.807, 2.05) is 97.9 Å². The number of amides is 2. The van der Waals surface area contributed by atoms with E-state index in [1.165, 1.54) is 0 Å². The van der Waals surface area contributed by atoms with Gasteiger partial charge in [0.2, 0.25) is 5.91 Å². The molecule has 7 heteroatoms. The third kappa shape index (κ3) is 5.57. The molecular formula is C30H35N5O2. The minimum absolute atomic E-state index is 0.0702. The zero-order chi connectivity index (χ0) is 26.3. The van der Waals surface area contributed by atoms with Gasteiger partial charge in [0.15, 0.2) is 11.5 Å². The Labute approximate surface area is 218 Å². The number of hydrogen-bond acceptors (Lipinski definition) is 5. The molecule has 0 spiro atoms. The molecule has 0 saturated heterocycles. The van der Waals surface area contributed by atoms with Crippen LogP contribution in [0, 0.1) is 0 Å². The fourth-order valence-corrected chi connectivity index (χ4v) is 4.79. The van der Waals surface area contributed by atoms with E-state index >= 15 is 0 Å². The van der Waals surface area contributed by atoms with Gasteiger partial charge in [-0.2, -0.15) is 0 Å². The Morgan fingerprint density at radius 3 is 2.00 bits per heavy atom. The SMILES string of the molecule is CC(c1ccccc1)[C@H](N)C(=O)NCCCCCN1C(=O)C(c2ccccc2)(c2ccccc2)N=C1N. The van der Waals surface area contributed by atoms with Crippen molar-refractivity contribution < 1.29 is 9.59 Å². The number of benzene rings is 3. The first-order valence-corrected chi connectivity index (χ1v) is 12.8. The molecule has 0 radical (unpaired) electrons. The third-order valence-corrected chi connectivity index (χ3v) is 7.02. The molecule has 0 fully saturated rings. The van der Waals surface area contributed by atoms with E-state index in [4.69, 9.17) is 16.5 Å². The van der Waals surface area contributed by atoms with E-state index in [-0.39, 0.29) is 23.7 Å². The Hall–Kier alpha value is -3.97. The van der Waals surface area contributed by atoms with Crippen molar-refractivity contribution in [3.63, 3.8) is 0 Å². The van der Waals surface area contributed by atoms with E-state index < -0.39 is 11.6 Å². The van der Waals surface area contributed by atoms with Crippen molar-refractivity contribution in [2.75, 3.05) is 13.1 Å². The number of unbranched alkanes of at least 4 members (excludes halogenated alkanes) is 2. The first-order chi connectivity index (χ1) is 17.9. The molecule has 0 bridgehead atoms. The van der Waals surface area contributed by atoms with Crippen LogP contribution in [0.2, 0.25) is 0 Å². The maximum atomic E-state index is 13.8. The van der Waals surface area contributed by atoms with Gasteiger partial charge >= 0.3 is 0 Å². The Morgan fingerprint density at radius 1 is 0.892 bits per heavy atom. The van der Waals surface area contributed by atoms with Crippen LogP contribution in [0.15, 0.2) is 96.0 Å². The zero-order valence-corrected chi connectivity index (χ0v) is 21.2. The van der Waals surface area contributed by atoms with E-state index in [2.05, 4.69) is 5.32 Å². The molecule has 5 N–H and O–H groups in total. The molecule has 1 aliphatic heterocycles. The van der Waals surface area contributed by atoms with E-state index in [1.54, 1.807) is 4.90 Å². The van der Waals surface area contributed by atoms with E-state index in [9.17, 15) is 9.59 Å². The van der Waals surface area contributed by atoms with Crippen LogP contribution in [0.4, 0.5) is 0 Å². The second kappa shape index (κ2) is 11.8. The average molecular weight is 498 g/mol. The molecule has 3 aromatic carbocycles. The van der Waals surface area contributed by atoms with Crippen LogP contribution in [0.25, 0.3) is 0 Å². The van der Waals surface area contributed by atoms with Crippen LogP contribution < -0.4 is 16.8 Å². The van der Waals surface area contributed by atoms with E-state index in [0.717, 1.165) is 36.0 Å². The fraction of sp³-hybridized carbons (Fsp3) is 0.300. The van der Waals surface area contributed by atoms with Gasteiger partial charge in [0.1, 0.15) is 0 Å². The minimum atomic E-state index is -1.17. The van der Waals surface area contributed by atoms with Crippen LogP contribution in [0.3, 0.4) is 0 Å². The number of hydrogen-bond donors (Lipinski definition) is 3. The molecule has 2 amide bonds. The largest absolute Gasteiger partial charge is 0.369 e. The topological polar surface area (TPSA) is 114 Å². The number of carbonyl (C=O) groups excluding carboxylic acids is 2. The summed E-state index contributed by atoms with van der Waals surface area (Å²) >= 11 is 0. The molecular weight excluding hydrogens is 462 g/mol. The molecule has 1 unspecified atom stereocenters. The van der Waals surface area contributed by atoms with Crippen LogP contribution in [-0.2, 0) is 15.1 Å². The first-order valence-electron chi connectivity index (χ1n) is 12.8. The second-order valence-electron chi connectivity index (χ2n) is 9.45. The van der Waals surface area contributed by atoms with Crippen molar-refractivity contribution in [3.05, 3.63) is 108 Å². The smallest absolute Gasteiger partial charge is 0.266 e. The zero-order valence-electron chi connectivity index (χ0n) is 21.2. The lowest BCUT2D eigenvalue weighted by molar-refractivity contribution is -0.130. The molecule has 3 aromatic rings.